The molecule has 100 valence electrons. The molecule has 0 amide bonds. The molecule has 4 heteroatoms. The highest BCUT2D eigenvalue weighted by Crippen LogP contribution is 2.19. The van der Waals surface area contributed by atoms with Crippen LogP contribution in [0.1, 0.15) is 5.56 Å². The molecule has 2 aromatic rings. The highest BCUT2D eigenvalue weighted by molar-refractivity contribution is 7.97. The molecule has 0 heterocycles. The van der Waals surface area contributed by atoms with Gasteiger partial charge in [0.25, 0.3) is 0 Å². The summed E-state index contributed by atoms with van der Waals surface area (Å²) in [5, 5.41) is 0. The van der Waals surface area contributed by atoms with E-state index in [0.29, 0.717) is 6.61 Å². The number of hydrogen-bond donors (Lipinski definition) is 1. The maximum atomic E-state index is 5.54. The van der Waals surface area contributed by atoms with Crippen molar-refractivity contribution in [3.8, 4) is 0 Å². The van der Waals surface area contributed by atoms with E-state index in [-0.39, 0.29) is 0 Å². The lowest BCUT2D eigenvalue weighted by Gasteiger charge is -2.05. The summed E-state index contributed by atoms with van der Waals surface area (Å²) in [7, 11) is 0. The first-order valence-electron chi connectivity index (χ1n) is 6.15. The van der Waals surface area contributed by atoms with Crippen LogP contribution in [-0.4, -0.2) is 13.2 Å². The lowest BCUT2D eigenvalue weighted by molar-refractivity contribution is 0.381. The second kappa shape index (κ2) is 8.27. The Balaban J connectivity index is 1.56. The van der Waals surface area contributed by atoms with Crippen LogP contribution in [0.3, 0.4) is 0 Å². The molecule has 0 bridgehead atoms. The summed E-state index contributed by atoms with van der Waals surface area (Å²) < 4.78 is 8.81. The van der Waals surface area contributed by atoms with Crippen LogP contribution in [0, 0.1) is 6.92 Å². The Morgan fingerprint density at radius 3 is 2.42 bits per heavy atom. The average molecular weight is 291 g/mol. The van der Waals surface area contributed by atoms with Crippen LogP contribution in [0.2, 0.25) is 0 Å². The zero-order chi connectivity index (χ0) is 13.3. The molecule has 0 atom stereocenters. The van der Waals surface area contributed by atoms with E-state index in [2.05, 4.69) is 48.0 Å². The molecule has 2 rings (SSSR count). The number of nitrogens with one attached hydrogen (secondary N) is 1. The summed E-state index contributed by atoms with van der Waals surface area (Å²) >= 11 is 3.06. The predicted molar refractivity (Wildman–Crippen MR) is 83.3 cm³/mol. The lowest BCUT2D eigenvalue weighted by Crippen LogP contribution is -2.10. The Morgan fingerprint density at radius 1 is 0.947 bits per heavy atom. The zero-order valence-electron chi connectivity index (χ0n) is 10.8. The zero-order valence-corrected chi connectivity index (χ0v) is 12.5. The highest BCUT2D eigenvalue weighted by Gasteiger charge is 1.95. The summed E-state index contributed by atoms with van der Waals surface area (Å²) in [4.78, 5) is 2.36. The Bertz CT molecular complexity index is 473. The van der Waals surface area contributed by atoms with Gasteiger partial charge in [-0.15, -0.1) is 0 Å². The molecule has 0 saturated heterocycles. The molecule has 0 aliphatic heterocycles. The van der Waals surface area contributed by atoms with Crippen LogP contribution in [0.15, 0.2) is 64.4 Å². The number of hydrogen-bond acceptors (Lipinski definition) is 4. The molecule has 0 unspecified atom stereocenters. The first-order valence-corrected chi connectivity index (χ1v) is 7.71. The maximum Gasteiger partial charge on any atom is 0.0752 e. The van der Waals surface area contributed by atoms with Crippen LogP contribution in [0.25, 0.3) is 0 Å². The largest absolute Gasteiger partial charge is 0.309 e. The second-order valence-electron chi connectivity index (χ2n) is 4.03. The fraction of sp³-hybridized carbons (Fsp3) is 0.200. The van der Waals surface area contributed by atoms with Crippen molar-refractivity contribution in [3.05, 3.63) is 60.2 Å². The predicted octanol–water partition coefficient (Wildman–Crippen LogP) is 4.32. The summed E-state index contributed by atoms with van der Waals surface area (Å²) in [6, 6.07) is 18.6. The maximum absolute atomic E-state index is 5.54. The van der Waals surface area contributed by atoms with E-state index >= 15 is 0 Å². The van der Waals surface area contributed by atoms with Gasteiger partial charge in [0, 0.05) is 28.4 Å². The fourth-order valence-electron chi connectivity index (χ4n) is 1.41. The quantitative estimate of drug-likeness (QED) is 0.466. The van der Waals surface area contributed by atoms with E-state index in [1.165, 1.54) is 22.5 Å². The molecule has 0 spiro atoms. The van der Waals surface area contributed by atoms with E-state index in [0.717, 1.165) is 11.4 Å². The molecular weight excluding hydrogens is 274 g/mol. The van der Waals surface area contributed by atoms with Crippen molar-refractivity contribution < 1.29 is 4.18 Å². The minimum atomic E-state index is 0.679. The van der Waals surface area contributed by atoms with Crippen molar-refractivity contribution in [1.82, 2.24) is 4.72 Å². The summed E-state index contributed by atoms with van der Waals surface area (Å²) in [6.07, 6.45) is 0. The molecule has 19 heavy (non-hydrogen) atoms. The first-order chi connectivity index (χ1) is 9.34. The normalized spacial score (nSPS) is 10.6. The van der Waals surface area contributed by atoms with Gasteiger partial charge in [-0.05, 0) is 43.1 Å². The van der Waals surface area contributed by atoms with E-state index in [9.17, 15) is 0 Å². The van der Waals surface area contributed by atoms with E-state index in [4.69, 9.17) is 4.18 Å². The van der Waals surface area contributed by atoms with Crippen molar-refractivity contribution in [2.75, 3.05) is 13.2 Å². The topological polar surface area (TPSA) is 21.3 Å². The van der Waals surface area contributed by atoms with Crippen LogP contribution in [0.4, 0.5) is 0 Å². The lowest BCUT2D eigenvalue weighted by atomic mass is 10.2. The van der Waals surface area contributed by atoms with Gasteiger partial charge in [0.05, 0.1) is 6.61 Å². The molecule has 2 nitrogen and oxygen atoms in total. The average Bonchev–Trinajstić information content (AvgIpc) is 2.46. The van der Waals surface area contributed by atoms with Crippen molar-refractivity contribution in [2.24, 2.45) is 0 Å². The minimum Gasteiger partial charge on any atom is -0.309 e. The van der Waals surface area contributed by atoms with Crippen molar-refractivity contribution in [3.63, 3.8) is 0 Å². The van der Waals surface area contributed by atoms with Gasteiger partial charge in [-0.25, -0.2) is 0 Å². The van der Waals surface area contributed by atoms with E-state index < -0.39 is 0 Å². The SMILES string of the molecule is Cc1ccc(SOCCNSc2ccccc2)cc1. The molecule has 0 fully saturated rings. The summed E-state index contributed by atoms with van der Waals surface area (Å²) in [5.74, 6) is 0. The van der Waals surface area contributed by atoms with E-state index in [1.807, 2.05) is 18.2 Å². The smallest absolute Gasteiger partial charge is 0.0752 e. The third-order valence-electron chi connectivity index (χ3n) is 2.40. The molecule has 1 N–H and O–H groups in total. The molecule has 0 saturated carbocycles. The molecule has 0 radical (unpaired) electrons. The fourth-order valence-corrected chi connectivity index (χ4v) is 2.60. The van der Waals surface area contributed by atoms with Gasteiger partial charge in [0.1, 0.15) is 0 Å². The molecule has 0 aliphatic carbocycles. The van der Waals surface area contributed by atoms with Crippen LogP contribution < -0.4 is 4.72 Å². The summed E-state index contributed by atoms with van der Waals surface area (Å²) in [6.45, 7) is 3.58. The minimum absolute atomic E-state index is 0.679. The third-order valence-corrected chi connectivity index (χ3v) is 4.00. The van der Waals surface area contributed by atoms with Crippen LogP contribution >= 0.6 is 24.0 Å². The van der Waals surface area contributed by atoms with E-state index in [1.54, 1.807) is 11.9 Å². The number of benzene rings is 2. The van der Waals surface area contributed by atoms with Gasteiger partial charge in [0.2, 0.25) is 0 Å². The second-order valence-corrected chi connectivity index (χ2v) is 5.87. The van der Waals surface area contributed by atoms with Crippen LogP contribution in [0.5, 0.6) is 0 Å². The summed E-state index contributed by atoms with van der Waals surface area (Å²) in [5.41, 5.74) is 1.27. The third kappa shape index (κ3) is 5.70. The van der Waals surface area contributed by atoms with Crippen molar-refractivity contribution >= 4 is 24.0 Å². The van der Waals surface area contributed by atoms with Gasteiger partial charge in [-0.3, -0.25) is 4.72 Å². The molecular formula is C15H17NOS2. The molecule has 0 aromatic heterocycles. The van der Waals surface area contributed by atoms with Crippen molar-refractivity contribution in [2.45, 2.75) is 16.7 Å². The number of aryl methyl sites for hydroxylation is 1. The van der Waals surface area contributed by atoms with Gasteiger partial charge < -0.3 is 4.18 Å². The molecule has 2 aromatic carbocycles. The molecule has 0 aliphatic rings. The highest BCUT2D eigenvalue weighted by atomic mass is 32.2. The van der Waals surface area contributed by atoms with Crippen LogP contribution in [-0.2, 0) is 4.18 Å². The van der Waals surface area contributed by atoms with Gasteiger partial charge in [-0.2, -0.15) is 0 Å². The number of rotatable bonds is 7. The Morgan fingerprint density at radius 2 is 1.68 bits per heavy atom. The van der Waals surface area contributed by atoms with Crippen molar-refractivity contribution in [1.29, 1.82) is 0 Å². The Labute approximate surface area is 123 Å². The van der Waals surface area contributed by atoms with Gasteiger partial charge in [-0.1, -0.05) is 35.9 Å². The van der Waals surface area contributed by atoms with Gasteiger partial charge in [0.15, 0.2) is 0 Å². The Kier molecular flexibility index (Phi) is 6.30. The monoisotopic (exact) mass is 291 g/mol. The van der Waals surface area contributed by atoms with Gasteiger partial charge >= 0.3 is 0 Å². The first kappa shape index (κ1) is 14.5. The standard InChI is InChI=1S/C15H17NOS2/c1-13-7-9-15(10-8-13)19-17-12-11-16-18-14-5-3-2-4-6-14/h2-10,16H,11-12H2,1H3. The Hall–Kier alpha value is -0.940.